The third kappa shape index (κ3) is 4.91. The Morgan fingerprint density at radius 2 is 1.81 bits per heavy atom. The van der Waals surface area contributed by atoms with Gasteiger partial charge in [0.05, 0.1) is 29.5 Å². The van der Waals surface area contributed by atoms with E-state index in [-0.39, 0.29) is 0 Å². The van der Waals surface area contributed by atoms with Gasteiger partial charge in [-0.15, -0.1) is 0 Å². The van der Waals surface area contributed by atoms with Crippen molar-refractivity contribution in [2.45, 2.75) is 19.6 Å². The van der Waals surface area contributed by atoms with Gasteiger partial charge in [0.25, 0.3) is 0 Å². The van der Waals surface area contributed by atoms with Crippen molar-refractivity contribution in [3.8, 4) is 0 Å². The van der Waals surface area contributed by atoms with Crippen LogP contribution in [0.15, 0.2) is 36.8 Å². The topological polar surface area (TPSA) is 92.9 Å². The number of benzene rings is 1. The molecule has 0 fully saturated rings. The summed E-state index contributed by atoms with van der Waals surface area (Å²) in [6.07, 6.45) is 0.216. The number of aliphatic carboxylic acids is 1. The minimum absolute atomic E-state index is 0.739. The number of fused-ring (bicyclic) bond motifs is 1. The van der Waals surface area contributed by atoms with Gasteiger partial charge in [-0.3, -0.25) is 9.97 Å². The first-order valence-electron chi connectivity index (χ1n) is 7.40. The molecule has 0 unspecified atom stereocenters. The average Bonchev–Trinajstić information content (AvgIpc) is 2.91. The van der Waals surface area contributed by atoms with Crippen molar-refractivity contribution in [2.75, 3.05) is 5.32 Å². The number of halogens is 3. The highest BCUT2D eigenvalue weighted by molar-refractivity contribution is 5.78. The number of imidazole rings is 1. The first-order chi connectivity index (χ1) is 12.2. The van der Waals surface area contributed by atoms with E-state index in [0.717, 1.165) is 34.8 Å². The number of aryl methyl sites for hydroxylation is 1. The summed E-state index contributed by atoms with van der Waals surface area (Å²) < 4.78 is 33.8. The molecule has 10 heteroatoms. The standard InChI is InChI=1S/C14H15N5.C2HF3O2/c1-10-17-8-12(19(10)2)9-18-11-3-4-13-14(7-11)16-6-5-15-13;3-2(4,5)1(6)7/h3-8,18H,9H2,1-2H3;(H,6,7). The molecule has 2 heterocycles. The highest BCUT2D eigenvalue weighted by Crippen LogP contribution is 2.16. The molecule has 3 aromatic rings. The fourth-order valence-electron chi connectivity index (χ4n) is 1.98. The van der Waals surface area contributed by atoms with Gasteiger partial charge in [0.1, 0.15) is 5.82 Å². The average molecular weight is 367 g/mol. The van der Waals surface area contributed by atoms with Gasteiger partial charge in [-0.1, -0.05) is 0 Å². The minimum atomic E-state index is -5.08. The van der Waals surface area contributed by atoms with Gasteiger partial charge in [-0.05, 0) is 25.1 Å². The third-order valence-corrected chi connectivity index (χ3v) is 3.50. The number of hydrogen-bond acceptors (Lipinski definition) is 5. The molecule has 0 saturated carbocycles. The summed E-state index contributed by atoms with van der Waals surface area (Å²) in [6.45, 7) is 2.73. The van der Waals surface area contributed by atoms with E-state index in [9.17, 15) is 13.2 Å². The van der Waals surface area contributed by atoms with Gasteiger partial charge < -0.3 is 15.0 Å². The quantitative estimate of drug-likeness (QED) is 0.739. The largest absolute Gasteiger partial charge is 0.490 e. The zero-order valence-electron chi connectivity index (χ0n) is 13.9. The van der Waals surface area contributed by atoms with Gasteiger partial charge in [-0.25, -0.2) is 9.78 Å². The lowest BCUT2D eigenvalue weighted by Gasteiger charge is -2.08. The first kappa shape index (κ1) is 19.2. The molecular formula is C16H16F3N5O2. The van der Waals surface area contributed by atoms with E-state index in [0.29, 0.717) is 0 Å². The second kappa shape index (κ2) is 7.81. The third-order valence-electron chi connectivity index (χ3n) is 3.50. The Balaban J connectivity index is 0.000000298. The molecule has 0 radical (unpaired) electrons. The summed E-state index contributed by atoms with van der Waals surface area (Å²) in [5.74, 6) is -1.74. The highest BCUT2D eigenvalue weighted by atomic mass is 19.4. The van der Waals surface area contributed by atoms with Gasteiger partial charge in [0.2, 0.25) is 0 Å². The number of anilines is 1. The van der Waals surface area contributed by atoms with E-state index in [1.807, 2.05) is 38.4 Å². The van der Waals surface area contributed by atoms with Crippen LogP contribution in [0, 0.1) is 6.92 Å². The van der Waals surface area contributed by atoms with E-state index in [4.69, 9.17) is 9.90 Å². The monoisotopic (exact) mass is 367 g/mol. The fraction of sp³-hybridized carbons (Fsp3) is 0.250. The van der Waals surface area contributed by atoms with E-state index in [2.05, 4.69) is 24.8 Å². The number of alkyl halides is 3. The maximum absolute atomic E-state index is 10.6. The molecule has 2 N–H and O–H groups in total. The van der Waals surface area contributed by atoms with Crippen molar-refractivity contribution >= 4 is 22.7 Å². The zero-order chi connectivity index (χ0) is 19.3. The number of carbonyl (C=O) groups is 1. The highest BCUT2D eigenvalue weighted by Gasteiger charge is 2.38. The van der Waals surface area contributed by atoms with Crippen molar-refractivity contribution in [3.05, 3.63) is 48.3 Å². The zero-order valence-corrected chi connectivity index (χ0v) is 13.9. The molecule has 0 bridgehead atoms. The molecule has 0 saturated heterocycles. The van der Waals surface area contributed by atoms with Crippen molar-refractivity contribution in [3.63, 3.8) is 0 Å². The Kier molecular flexibility index (Phi) is 5.75. The van der Waals surface area contributed by atoms with Crippen LogP contribution >= 0.6 is 0 Å². The maximum Gasteiger partial charge on any atom is 0.490 e. The van der Waals surface area contributed by atoms with Crippen LogP contribution in [0.2, 0.25) is 0 Å². The molecule has 0 aliphatic rings. The summed E-state index contributed by atoms with van der Waals surface area (Å²) >= 11 is 0. The Bertz CT molecular complexity index is 908. The molecule has 26 heavy (non-hydrogen) atoms. The summed E-state index contributed by atoms with van der Waals surface area (Å²) in [5.41, 5.74) is 3.99. The Morgan fingerprint density at radius 3 is 2.35 bits per heavy atom. The Morgan fingerprint density at radius 1 is 1.19 bits per heavy atom. The van der Waals surface area contributed by atoms with E-state index < -0.39 is 12.1 Å². The number of carboxylic acids is 1. The number of carboxylic acid groups (broad SMARTS) is 1. The Hall–Kier alpha value is -3.17. The lowest BCUT2D eigenvalue weighted by molar-refractivity contribution is -0.192. The van der Waals surface area contributed by atoms with E-state index in [1.165, 1.54) is 0 Å². The van der Waals surface area contributed by atoms with Crippen LogP contribution in [0.3, 0.4) is 0 Å². The second-order valence-corrected chi connectivity index (χ2v) is 5.27. The van der Waals surface area contributed by atoms with Crippen LogP contribution in [0.5, 0.6) is 0 Å². The number of nitrogens with one attached hydrogen (secondary N) is 1. The summed E-state index contributed by atoms with van der Waals surface area (Å²) in [4.78, 5) is 21.7. The molecule has 0 atom stereocenters. The number of rotatable bonds is 3. The smallest absolute Gasteiger partial charge is 0.475 e. The molecule has 7 nitrogen and oxygen atoms in total. The van der Waals surface area contributed by atoms with Crippen LogP contribution in [0.25, 0.3) is 11.0 Å². The van der Waals surface area contributed by atoms with Gasteiger partial charge in [-0.2, -0.15) is 13.2 Å². The van der Waals surface area contributed by atoms with Crippen molar-refractivity contribution in [2.24, 2.45) is 7.05 Å². The van der Waals surface area contributed by atoms with Crippen LogP contribution in [-0.4, -0.2) is 36.8 Å². The lowest BCUT2D eigenvalue weighted by atomic mass is 10.2. The van der Waals surface area contributed by atoms with Crippen LogP contribution in [0.4, 0.5) is 18.9 Å². The van der Waals surface area contributed by atoms with E-state index >= 15 is 0 Å². The predicted octanol–water partition coefficient (Wildman–Crippen LogP) is 2.92. The van der Waals surface area contributed by atoms with Gasteiger partial charge in [0.15, 0.2) is 0 Å². The minimum Gasteiger partial charge on any atom is -0.475 e. The molecule has 3 rings (SSSR count). The predicted molar refractivity (Wildman–Crippen MR) is 88.5 cm³/mol. The number of aromatic nitrogens is 4. The molecule has 0 aliphatic carbocycles. The fourth-order valence-corrected chi connectivity index (χ4v) is 1.98. The lowest BCUT2D eigenvalue weighted by Crippen LogP contribution is -2.21. The van der Waals surface area contributed by atoms with Crippen molar-refractivity contribution < 1.29 is 23.1 Å². The summed E-state index contributed by atoms with van der Waals surface area (Å²) in [5, 5.41) is 10.5. The van der Waals surface area contributed by atoms with Crippen LogP contribution in [-0.2, 0) is 18.4 Å². The molecule has 0 aliphatic heterocycles. The maximum atomic E-state index is 10.6. The second-order valence-electron chi connectivity index (χ2n) is 5.27. The molecular weight excluding hydrogens is 351 g/mol. The molecule has 2 aromatic heterocycles. The molecule has 138 valence electrons. The van der Waals surface area contributed by atoms with Gasteiger partial charge >= 0.3 is 12.1 Å². The number of hydrogen-bond donors (Lipinski definition) is 2. The van der Waals surface area contributed by atoms with E-state index in [1.54, 1.807) is 12.4 Å². The molecule has 1 aromatic carbocycles. The Labute approximate surface area is 146 Å². The van der Waals surface area contributed by atoms with Crippen molar-refractivity contribution in [1.29, 1.82) is 0 Å². The molecule has 0 amide bonds. The summed E-state index contributed by atoms with van der Waals surface area (Å²) in [6, 6.07) is 5.99. The van der Waals surface area contributed by atoms with Crippen LogP contribution in [0.1, 0.15) is 11.5 Å². The first-order valence-corrected chi connectivity index (χ1v) is 7.40. The van der Waals surface area contributed by atoms with Crippen LogP contribution < -0.4 is 5.32 Å². The number of nitrogens with zero attached hydrogens (tertiary/aromatic N) is 4. The summed E-state index contributed by atoms with van der Waals surface area (Å²) in [7, 11) is 2.02. The molecule has 0 spiro atoms. The normalized spacial score (nSPS) is 11.0. The van der Waals surface area contributed by atoms with Gasteiger partial charge in [0, 0.05) is 25.1 Å². The SMILES string of the molecule is Cc1ncc(CNc2ccc3nccnc3c2)n1C.O=C(O)C(F)(F)F. The van der Waals surface area contributed by atoms with Crippen molar-refractivity contribution in [1.82, 2.24) is 19.5 Å².